The van der Waals surface area contributed by atoms with Gasteiger partial charge in [0.25, 0.3) is 0 Å². The fourth-order valence-electron chi connectivity index (χ4n) is 4.95. The van der Waals surface area contributed by atoms with Gasteiger partial charge >= 0.3 is 6.09 Å². The molecule has 10 nitrogen and oxygen atoms in total. The molecule has 3 atom stereocenters. The van der Waals surface area contributed by atoms with E-state index >= 15 is 0 Å². The fraction of sp³-hybridized carbons (Fsp3) is 0.382. The predicted molar refractivity (Wildman–Crippen MR) is 173 cm³/mol. The third kappa shape index (κ3) is 9.63. The number of ketones is 1. The van der Waals surface area contributed by atoms with Crippen molar-refractivity contribution >= 4 is 21.9 Å². The van der Waals surface area contributed by atoms with Gasteiger partial charge in [-0.3, -0.25) is 4.79 Å². The number of imidazole rings is 1. The topological polar surface area (TPSA) is 120 Å². The summed E-state index contributed by atoms with van der Waals surface area (Å²) >= 11 is 0. The molecule has 0 saturated heterocycles. The third-order valence-corrected chi connectivity index (χ3v) is 9.73. The zero-order chi connectivity index (χ0) is 32.2. The van der Waals surface area contributed by atoms with E-state index in [2.05, 4.69) is 10.3 Å². The summed E-state index contributed by atoms with van der Waals surface area (Å²) in [7, 11) is -3.79. The van der Waals surface area contributed by atoms with E-state index in [1.807, 2.05) is 74.0 Å². The van der Waals surface area contributed by atoms with E-state index in [0.29, 0.717) is 30.7 Å². The third-order valence-electron chi connectivity index (χ3n) is 7.79. The van der Waals surface area contributed by atoms with Crippen LogP contribution in [0.15, 0.2) is 97.1 Å². The number of aromatic nitrogens is 2. The van der Waals surface area contributed by atoms with E-state index in [4.69, 9.17) is 9.47 Å². The van der Waals surface area contributed by atoms with Crippen LogP contribution in [0.2, 0.25) is 0 Å². The van der Waals surface area contributed by atoms with Crippen LogP contribution in [0.1, 0.15) is 45.6 Å². The van der Waals surface area contributed by atoms with Gasteiger partial charge in [-0.25, -0.2) is 22.5 Å². The van der Waals surface area contributed by atoms with Crippen molar-refractivity contribution in [1.82, 2.24) is 19.2 Å². The van der Waals surface area contributed by atoms with Crippen LogP contribution in [0.25, 0.3) is 5.69 Å². The Bertz CT molecular complexity index is 1550. The first-order chi connectivity index (χ1) is 21.7. The number of hydrogen-bond donors (Lipinski definition) is 1. The van der Waals surface area contributed by atoms with Gasteiger partial charge in [0, 0.05) is 36.7 Å². The van der Waals surface area contributed by atoms with Gasteiger partial charge in [0.15, 0.2) is 6.10 Å². The van der Waals surface area contributed by atoms with Gasteiger partial charge in [0.05, 0.1) is 18.1 Å². The monoisotopic (exact) mass is 634 g/mol. The van der Waals surface area contributed by atoms with E-state index in [0.717, 1.165) is 11.3 Å². The van der Waals surface area contributed by atoms with Crippen molar-refractivity contribution in [3.63, 3.8) is 0 Å². The molecule has 4 rings (SSSR count). The number of allylic oxidation sites excluding steroid dienone is 2. The largest absolute Gasteiger partial charge is 0.478 e. The first kappa shape index (κ1) is 33.7. The maximum atomic E-state index is 13.7. The number of benzene rings is 2. The summed E-state index contributed by atoms with van der Waals surface area (Å²) in [6.45, 7) is 6.29. The van der Waals surface area contributed by atoms with Crippen LogP contribution in [-0.2, 0) is 26.2 Å². The van der Waals surface area contributed by atoms with E-state index in [9.17, 15) is 18.0 Å². The van der Waals surface area contributed by atoms with Crippen LogP contribution < -0.4 is 10.1 Å². The molecule has 0 bridgehead atoms. The van der Waals surface area contributed by atoms with E-state index in [-0.39, 0.29) is 37.0 Å². The van der Waals surface area contributed by atoms with Gasteiger partial charge in [-0.15, -0.1) is 0 Å². The standard InChI is InChI=1S/C34H42N4O6S/c1-4-20-38(45(41,42)24-31(26(3)5-2)36-34(40)43-23-27-10-7-6-8-11-27)21-18-28-12-9-13-32(33(28)39)44-30-16-14-29(15-17-30)37-22-19-35-25-37/h6-17,19,22,25-26,31-32H,4-5,18,20-21,23-24H2,1-3H3,(H,36,40). The quantitative estimate of drug-likeness (QED) is 0.222. The van der Waals surface area contributed by atoms with Gasteiger partial charge in [0.1, 0.15) is 12.4 Å². The van der Waals surface area contributed by atoms with Crippen LogP contribution in [0.5, 0.6) is 5.75 Å². The molecule has 45 heavy (non-hydrogen) atoms. The number of nitrogens with one attached hydrogen (secondary N) is 1. The molecule has 0 radical (unpaired) electrons. The predicted octanol–water partition coefficient (Wildman–Crippen LogP) is 5.46. The molecule has 1 amide bonds. The fourth-order valence-corrected chi connectivity index (χ4v) is 6.85. The molecular formula is C34H42N4O6S. The van der Waals surface area contributed by atoms with Gasteiger partial charge in [-0.1, -0.05) is 69.7 Å². The van der Waals surface area contributed by atoms with Crippen LogP contribution in [0.3, 0.4) is 0 Å². The number of hydrogen-bond acceptors (Lipinski definition) is 7. The summed E-state index contributed by atoms with van der Waals surface area (Å²) in [6, 6.07) is 16.0. The number of sulfonamides is 1. The Labute approximate surface area is 265 Å². The smallest absolute Gasteiger partial charge is 0.407 e. The van der Waals surface area contributed by atoms with Gasteiger partial charge < -0.3 is 19.4 Å². The second kappa shape index (κ2) is 16.2. The van der Waals surface area contributed by atoms with E-state index in [1.54, 1.807) is 42.9 Å². The zero-order valence-corrected chi connectivity index (χ0v) is 26.9. The molecule has 1 heterocycles. The molecule has 0 aliphatic heterocycles. The SMILES string of the molecule is CCCN(CCC1=CC=CC(Oc2ccc(-n3ccnc3)cc2)C1=O)S(=O)(=O)CC(NC(=O)OCc1ccccc1)C(C)CC. The lowest BCUT2D eigenvalue weighted by atomic mass is 9.98. The Balaban J connectivity index is 1.35. The summed E-state index contributed by atoms with van der Waals surface area (Å²) in [4.78, 5) is 30.0. The maximum Gasteiger partial charge on any atom is 0.407 e. The molecule has 3 unspecified atom stereocenters. The molecule has 11 heteroatoms. The summed E-state index contributed by atoms with van der Waals surface area (Å²) in [5.74, 6) is -0.0300. The molecule has 3 aromatic rings. The molecule has 0 fully saturated rings. The number of alkyl carbamates (subject to hydrolysis) is 1. The lowest BCUT2D eigenvalue weighted by Crippen LogP contribution is -2.48. The van der Waals surface area contributed by atoms with Crippen molar-refractivity contribution in [3.05, 3.63) is 103 Å². The van der Waals surface area contributed by atoms with Crippen molar-refractivity contribution in [2.75, 3.05) is 18.8 Å². The van der Waals surface area contributed by atoms with Gasteiger partial charge in [-0.2, -0.15) is 0 Å². The molecule has 1 aliphatic carbocycles. The lowest BCUT2D eigenvalue weighted by Gasteiger charge is -2.28. The number of nitrogens with zero attached hydrogens (tertiary/aromatic N) is 3. The highest BCUT2D eigenvalue weighted by atomic mass is 32.2. The molecule has 1 aromatic heterocycles. The Hall–Kier alpha value is -4.22. The van der Waals surface area contributed by atoms with Crippen LogP contribution >= 0.6 is 0 Å². The average molecular weight is 635 g/mol. The van der Waals surface area contributed by atoms with E-state index < -0.39 is 28.3 Å². The number of ether oxygens (including phenoxy) is 2. The number of Topliss-reactive ketones (excluding diaryl/α,β-unsaturated/α-hetero) is 1. The molecule has 0 spiro atoms. The minimum Gasteiger partial charge on any atom is -0.478 e. The van der Waals surface area contributed by atoms with Gasteiger partial charge in [-0.05, 0) is 54.7 Å². The van der Waals surface area contributed by atoms with Crippen molar-refractivity contribution in [2.24, 2.45) is 5.92 Å². The summed E-state index contributed by atoms with van der Waals surface area (Å²) in [5.41, 5.74) is 2.25. The normalized spacial score (nSPS) is 16.2. The molecule has 1 aliphatic rings. The van der Waals surface area contributed by atoms with Crippen molar-refractivity contribution in [1.29, 1.82) is 0 Å². The summed E-state index contributed by atoms with van der Waals surface area (Å²) in [5, 5.41) is 2.78. The number of rotatable bonds is 16. The molecule has 240 valence electrons. The lowest BCUT2D eigenvalue weighted by molar-refractivity contribution is -0.120. The molecule has 1 N–H and O–H groups in total. The van der Waals surface area contributed by atoms with Crippen LogP contribution in [-0.4, -0.2) is 65.1 Å². The Kier molecular flexibility index (Phi) is 12.1. The first-order valence-electron chi connectivity index (χ1n) is 15.3. The average Bonchev–Trinajstić information content (AvgIpc) is 3.59. The molecule has 0 saturated carbocycles. The minimum atomic E-state index is -3.79. The summed E-state index contributed by atoms with van der Waals surface area (Å²) < 4.78 is 42.0. The number of carbonyl (C=O) groups excluding carboxylic acids is 2. The second-order valence-corrected chi connectivity index (χ2v) is 13.1. The highest BCUT2D eigenvalue weighted by Crippen LogP contribution is 2.22. The van der Waals surface area contributed by atoms with Crippen molar-refractivity contribution < 1.29 is 27.5 Å². The molecular weight excluding hydrogens is 592 g/mol. The van der Waals surface area contributed by atoms with Gasteiger partial charge in [0.2, 0.25) is 15.8 Å². The van der Waals surface area contributed by atoms with Crippen LogP contribution in [0, 0.1) is 5.92 Å². The zero-order valence-electron chi connectivity index (χ0n) is 26.0. The number of carbonyl (C=O) groups is 2. The first-order valence-corrected chi connectivity index (χ1v) is 16.9. The highest BCUT2D eigenvalue weighted by Gasteiger charge is 2.31. The Morgan fingerprint density at radius 1 is 1.09 bits per heavy atom. The second-order valence-electron chi connectivity index (χ2n) is 11.1. The van der Waals surface area contributed by atoms with Crippen molar-refractivity contribution in [2.45, 2.75) is 58.8 Å². The Morgan fingerprint density at radius 2 is 1.84 bits per heavy atom. The summed E-state index contributed by atoms with van der Waals surface area (Å²) in [6.07, 6.45) is 10.5. The Morgan fingerprint density at radius 3 is 2.51 bits per heavy atom. The highest BCUT2D eigenvalue weighted by molar-refractivity contribution is 7.89. The maximum absolute atomic E-state index is 13.7. The number of amides is 1. The minimum absolute atomic E-state index is 0.0910. The van der Waals surface area contributed by atoms with E-state index in [1.165, 1.54) is 4.31 Å². The molecule has 2 aromatic carbocycles. The van der Waals surface area contributed by atoms with Crippen molar-refractivity contribution in [3.8, 4) is 11.4 Å². The van der Waals surface area contributed by atoms with Crippen LogP contribution in [0.4, 0.5) is 4.79 Å².